The maximum absolute atomic E-state index is 5.96. The van der Waals surface area contributed by atoms with E-state index in [4.69, 9.17) is 25.8 Å². The van der Waals surface area contributed by atoms with Crippen molar-refractivity contribution in [1.82, 2.24) is 0 Å². The van der Waals surface area contributed by atoms with Crippen molar-refractivity contribution in [3.8, 4) is 5.75 Å². The first-order valence-corrected chi connectivity index (χ1v) is 5.76. The number of benzene rings is 1. The van der Waals surface area contributed by atoms with Crippen LogP contribution in [0, 0.1) is 0 Å². The summed E-state index contributed by atoms with van der Waals surface area (Å²) in [6, 6.07) is 7.33. The summed E-state index contributed by atoms with van der Waals surface area (Å²) in [5.74, 6) is 0.647. The maximum atomic E-state index is 5.96. The van der Waals surface area contributed by atoms with Crippen molar-refractivity contribution in [2.45, 2.75) is 20.1 Å². The van der Waals surface area contributed by atoms with Crippen LogP contribution < -0.4 is 4.74 Å². The van der Waals surface area contributed by atoms with Gasteiger partial charge in [0.15, 0.2) is 6.29 Å². The quantitative estimate of drug-likeness (QED) is 0.690. The highest BCUT2D eigenvalue weighted by atomic mass is 35.5. The van der Waals surface area contributed by atoms with E-state index >= 15 is 0 Å². The molecule has 1 aromatic carbocycles. The fourth-order valence-corrected chi connectivity index (χ4v) is 1.43. The molecule has 0 aliphatic heterocycles. The van der Waals surface area contributed by atoms with Gasteiger partial charge in [-0.05, 0) is 26.0 Å². The molecule has 0 aliphatic rings. The van der Waals surface area contributed by atoms with Crippen LogP contribution >= 0.6 is 11.6 Å². The van der Waals surface area contributed by atoms with Gasteiger partial charge in [0.1, 0.15) is 12.4 Å². The Kier molecular flexibility index (Phi) is 6.23. The van der Waals surface area contributed by atoms with E-state index in [0.29, 0.717) is 30.6 Å². The van der Waals surface area contributed by atoms with E-state index in [1.165, 1.54) is 0 Å². The van der Waals surface area contributed by atoms with Crippen LogP contribution in [0.1, 0.15) is 13.8 Å². The average molecular weight is 245 g/mol. The van der Waals surface area contributed by atoms with Crippen molar-refractivity contribution in [3.05, 3.63) is 29.3 Å². The zero-order valence-corrected chi connectivity index (χ0v) is 10.4. The van der Waals surface area contributed by atoms with E-state index in [1.54, 1.807) is 6.07 Å². The van der Waals surface area contributed by atoms with Gasteiger partial charge in [0, 0.05) is 13.2 Å². The van der Waals surface area contributed by atoms with Crippen LogP contribution in [0.15, 0.2) is 24.3 Å². The van der Waals surface area contributed by atoms with Gasteiger partial charge < -0.3 is 14.2 Å². The first kappa shape index (κ1) is 13.3. The second kappa shape index (κ2) is 7.49. The zero-order valence-electron chi connectivity index (χ0n) is 9.61. The van der Waals surface area contributed by atoms with E-state index in [0.717, 1.165) is 0 Å². The van der Waals surface area contributed by atoms with Gasteiger partial charge in [0.2, 0.25) is 0 Å². The van der Waals surface area contributed by atoms with Crippen LogP contribution in [-0.4, -0.2) is 26.1 Å². The van der Waals surface area contributed by atoms with Crippen LogP contribution in [0.4, 0.5) is 0 Å². The van der Waals surface area contributed by atoms with Gasteiger partial charge in [-0.2, -0.15) is 0 Å². The molecule has 0 aliphatic carbocycles. The number of hydrogen-bond donors (Lipinski definition) is 0. The molecule has 16 heavy (non-hydrogen) atoms. The second-order valence-electron chi connectivity index (χ2n) is 3.08. The van der Waals surface area contributed by atoms with E-state index in [9.17, 15) is 0 Å². The van der Waals surface area contributed by atoms with Crippen LogP contribution in [0.2, 0.25) is 5.02 Å². The van der Waals surface area contributed by atoms with Crippen LogP contribution in [0.3, 0.4) is 0 Å². The average Bonchev–Trinajstić information content (AvgIpc) is 2.28. The zero-order chi connectivity index (χ0) is 11.8. The highest BCUT2D eigenvalue weighted by Crippen LogP contribution is 2.23. The van der Waals surface area contributed by atoms with Crippen molar-refractivity contribution in [2.75, 3.05) is 19.8 Å². The normalized spacial score (nSPS) is 10.8. The molecular weight excluding hydrogens is 228 g/mol. The smallest absolute Gasteiger partial charge is 0.191 e. The predicted molar refractivity (Wildman–Crippen MR) is 64.0 cm³/mol. The summed E-state index contributed by atoms with van der Waals surface area (Å²) >= 11 is 5.96. The molecule has 0 aromatic heterocycles. The van der Waals surface area contributed by atoms with Gasteiger partial charge >= 0.3 is 0 Å². The van der Waals surface area contributed by atoms with Crippen LogP contribution in [0.5, 0.6) is 5.75 Å². The fraction of sp³-hybridized carbons (Fsp3) is 0.500. The van der Waals surface area contributed by atoms with E-state index in [1.807, 2.05) is 32.0 Å². The van der Waals surface area contributed by atoms with Crippen molar-refractivity contribution in [2.24, 2.45) is 0 Å². The lowest BCUT2D eigenvalue weighted by Gasteiger charge is -2.17. The van der Waals surface area contributed by atoms with Gasteiger partial charge in [0.25, 0.3) is 0 Å². The first-order valence-electron chi connectivity index (χ1n) is 5.38. The minimum Gasteiger partial charge on any atom is -0.487 e. The van der Waals surface area contributed by atoms with Crippen LogP contribution in [0.25, 0.3) is 0 Å². The van der Waals surface area contributed by atoms with Crippen molar-refractivity contribution in [3.63, 3.8) is 0 Å². The molecule has 0 fully saturated rings. The maximum Gasteiger partial charge on any atom is 0.191 e. The lowest BCUT2D eigenvalue weighted by Crippen LogP contribution is -2.25. The summed E-state index contributed by atoms with van der Waals surface area (Å²) in [7, 11) is 0. The van der Waals surface area contributed by atoms with Gasteiger partial charge in [0.05, 0.1) is 5.02 Å². The molecule has 0 N–H and O–H groups in total. The third-order valence-corrected chi connectivity index (χ3v) is 2.23. The SMILES string of the molecule is CCOC(COc1ccccc1Cl)OCC. The van der Waals surface area contributed by atoms with E-state index in [2.05, 4.69) is 0 Å². The third kappa shape index (κ3) is 4.39. The molecule has 0 atom stereocenters. The molecule has 0 saturated heterocycles. The summed E-state index contributed by atoms with van der Waals surface area (Å²) in [6.45, 7) is 5.36. The van der Waals surface area contributed by atoms with Crippen LogP contribution in [-0.2, 0) is 9.47 Å². The molecule has 0 unspecified atom stereocenters. The predicted octanol–water partition coefficient (Wildman–Crippen LogP) is 3.12. The fourth-order valence-electron chi connectivity index (χ4n) is 1.24. The molecule has 3 nitrogen and oxygen atoms in total. The summed E-state index contributed by atoms with van der Waals surface area (Å²) in [4.78, 5) is 0. The third-order valence-electron chi connectivity index (χ3n) is 1.92. The van der Waals surface area contributed by atoms with Gasteiger partial charge in [-0.15, -0.1) is 0 Å². The molecular formula is C12H17ClO3. The Hall–Kier alpha value is -0.770. The summed E-state index contributed by atoms with van der Waals surface area (Å²) in [5.41, 5.74) is 0. The van der Waals surface area contributed by atoms with Crippen molar-refractivity contribution < 1.29 is 14.2 Å². The molecule has 0 radical (unpaired) electrons. The molecule has 1 aromatic rings. The molecule has 90 valence electrons. The molecule has 4 heteroatoms. The highest BCUT2D eigenvalue weighted by molar-refractivity contribution is 6.32. The Balaban J connectivity index is 2.45. The Labute approximate surface area is 101 Å². The number of hydrogen-bond acceptors (Lipinski definition) is 3. The van der Waals surface area contributed by atoms with Gasteiger partial charge in [-0.3, -0.25) is 0 Å². The minimum absolute atomic E-state index is 0.339. The monoisotopic (exact) mass is 244 g/mol. The van der Waals surface area contributed by atoms with Gasteiger partial charge in [-0.1, -0.05) is 23.7 Å². The van der Waals surface area contributed by atoms with Crippen molar-refractivity contribution >= 4 is 11.6 Å². The summed E-state index contributed by atoms with van der Waals surface area (Å²) < 4.78 is 16.2. The lowest BCUT2D eigenvalue weighted by atomic mass is 10.3. The minimum atomic E-state index is -0.341. The summed E-state index contributed by atoms with van der Waals surface area (Å²) in [5, 5.41) is 0.592. The second-order valence-corrected chi connectivity index (χ2v) is 3.49. The number of rotatable bonds is 7. The largest absolute Gasteiger partial charge is 0.487 e. The molecule has 0 saturated carbocycles. The van der Waals surface area contributed by atoms with E-state index in [-0.39, 0.29) is 6.29 Å². The lowest BCUT2D eigenvalue weighted by molar-refractivity contribution is -0.152. The Morgan fingerprint density at radius 1 is 1.12 bits per heavy atom. The van der Waals surface area contributed by atoms with Crippen molar-refractivity contribution in [1.29, 1.82) is 0 Å². The standard InChI is InChI=1S/C12H17ClO3/c1-3-14-12(15-4-2)9-16-11-8-6-5-7-10(11)13/h5-8,12H,3-4,9H2,1-2H3. The number of para-hydroxylation sites is 1. The topological polar surface area (TPSA) is 27.7 Å². The Morgan fingerprint density at radius 3 is 2.31 bits per heavy atom. The first-order chi connectivity index (χ1) is 7.77. The molecule has 0 heterocycles. The Bertz CT molecular complexity index is 298. The molecule has 0 amide bonds. The highest BCUT2D eigenvalue weighted by Gasteiger charge is 2.09. The molecule has 0 bridgehead atoms. The number of halogens is 1. The molecule has 1 rings (SSSR count). The van der Waals surface area contributed by atoms with Gasteiger partial charge in [-0.25, -0.2) is 0 Å². The summed E-state index contributed by atoms with van der Waals surface area (Å²) in [6.07, 6.45) is -0.341. The Morgan fingerprint density at radius 2 is 1.75 bits per heavy atom. The number of ether oxygens (including phenoxy) is 3. The van der Waals surface area contributed by atoms with E-state index < -0.39 is 0 Å². The molecule has 0 spiro atoms.